The van der Waals surface area contributed by atoms with Crippen molar-refractivity contribution >= 4 is 21.6 Å². The summed E-state index contributed by atoms with van der Waals surface area (Å²) in [6, 6.07) is 14.7. The predicted octanol–water partition coefficient (Wildman–Crippen LogP) is 4.70. The average molecular weight is 319 g/mol. The van der Waals surface area contributed by atoms with Crippen molar-refractivity contribution in [2.75, 3.05) is 11.9 Å². The van der Waals surface area contributed by atoms with Gasteiger partial charge in [0, 0.05) is 12.5 Å². The van der Waals surface area contributed by atoms with E-state index in [9.17, 15) is 0 Å². The van der Waals surface area contributed by atoms with E-state index >= 15 is 0 Å². The summed E-state index contributed by atoms with van der Waals surface area (Å²) in [5, 5.41) is 3.47. The van der Waals surface area contributed by atoms with Crippen LogP contribution < -0.4 is 5.32 Å². The first kappa shape index (κ1) is 14.1. The molecule has 0 bridgehead atoms. The minimum absolute atomic E-state index is 0.504. The van der Waals surface area contributed by atoms with Gasteiger partial charge in [0.1, 0.15) is 4.60 Å². The molecular weight excluding hydrogens is 300 g/mol. The van der Waals surface area contributed by atoms with E-state index in [1.165, 1.54) is 5.56 Å². The second-order valence-electron chi connectivity index (χ2n) is 5.01. The summed E-state index contributed by atoms with van der Waals surface area (Å²) in [4.78, 5) is 4.23. The van der Waals surface area contributed by atoms with E-state index in [0.29, 0.717) is 11.8 Å². The Morgan fingerprint density at radius 3 is 2.42 bits per heavy atom. The lowest BCUT2D eigenvalue weighted by Crippen LogP contribution is -2.17. The van der Waals surface area contributed by atoms with E-state index in [0.717, 1.165) is 16.8 Å². The number of nitrogens with zero attached hydrogens (tertiary/aromatic N) is 1. The fourth-order valence-electron chi connectivity index (χ4n) is 2.15. The fourth-order valence-corrected chi connectivity index (χ4v) is 2.38. The van der Waals surface area contributed by atoms with Gasteiger partial charge in [0.15, 0.2) is 0 Å². The molecule has 1 N–H and O–H groups in total. The number of nitrogens with one attached hydrogen (secondary N) is 1. The van der Waals surface area contributed by atoms with Gasteiger partial charge in [0.05, 0.1) is 11.9 Å². The number of aromatic nitrogens is 1. The molecule has 1 atom stereocenters. The van der Waals surface area contributed by atoms with Crippen molar-refractivity contribution in [1.82, 2.24) is 4.98 Å². The topological polar surface area (TPSA) is 24.9 Å². The Hall–Kier alpha value is -1.35. The van der Waals surface area contributed by atoms with Crippen molar-refractivity contribution in [3.63, 3.8) is 0 Å². The van der Waals surface area contributed by atoms with Gasteiger partial charge in [0.2, 0.25) is 0 Å². The Labute approximate surface area is 123 Å². The smallest absolute Gasteiger partial charge is 0.106 e. The summed E-state index contributed by atoms with van der Waals surface area (Å²) >= 11 is 3.35. The Bertz CT molecular complexity index is 494. The van der Waals surface area contributed by atoms with Crippen LogP contribution in [0.1, 0.15) is 25.3 Å². The zero-order valence-electron chi connectivity index (χ0n) is 11.3. The number of hydrogen-bond acceptors (Lipinski definition) is 2. The van der Waals surface area contributed by atoms with Crippen LogP contribution >= 0.6 is 15.9 Å². The van der Waals surface area contributed by atoms with Crippen molar-refractivity contribution in [2.24, 2.45) is 5.92 Å². The van der Waals surface area contributed by atoms with Gasteiger partial charge in [-0.15, -0.1) is 0 Å². The third-order valence-electron chi connectivity index (χ3n) is 3.29. The summed E-state index contributed by atoms with van der Waals surface area (Å²) < 4.78 is 0.863. The summed E-state index contributed by atoms with van der Waals surface area (Å²) in [7, 11) is 0. The first-order valence-electron chi connectivity index (χ1n) is 6.57. The first-order valence-corrected chi connectivity index (χ1v) is 7.36. The van der Waals surface area contributed by atoms with Crippen LogP contribution in [0, 0.1) is 5.92 Å². The minimum atomic E-state index is 0.504. The van der Waals surface area contributed by atoms with Crippen LogP contribution in [0.25, 0.3) is 0 Å². The largest absolute Gasteiger partial charge is 0.383 e. The average Bonchev–Trinajstić information content (AvgIpc) is 2.42. The fraction of sp³-hybridized carbons (Fsp3) is 0.312. The van der Waals surface area contributed by atoms with Crippen LogP contribution in [0.4, 0.5) is 5.69 Å². The van der Waals surface area contributed by atoms with Crippen molar-refractivity contribution in [1.29, 1.82) is 0 Å². The number of anilines is 1. The first-order chi connectivity index (χ1) is 9.16. The van der Waals surface area contributed by atoms with Crippen LogP contribution in [0.3, 0.4) is 0 Å². The summed E-state index contributed by atoms with van der Waals surface area (Å²) in [5.74, 6) is 1.10. The second kappa shape index (κ2) is 6.71. The molecule has 3 heteroatoms. The highest BCUT2D eigenvalue weighted by molar-refractivity contribution is 9.10. The number of pyridine rings is 1. The second-order valence-corrected chi connectivity index (χ2v) is 5.82. The van der Waals surface area contributed by atoms with Gasteiger partial charge in [-0.05, 0) is 39.5 Å². The molecule has 19 heavy (non-hydrogen) atoms. The van der Waals surface area contributed by atoms with Gasteiger partial charge in [-0.3, -0.25) is 0 Å². The van der Waals surface area contributed by atoms with Crippen molar-refractivity contribution in [3.05, 3.63) is 58.8 Å². The molecule has 0 saturated carbocycles. The van der Waals surface area contributed by atoms with Gasteiger partial charge in [0.25, 0.3) is 0 Å². The molecule has 2 rings (SSSR count). The number of halogens is 1. The molecule has 0 aliphatic heterocycles. The molecule has 0 aliphatic carbocycles. The SMILES string of the molecule is CC(C)C(CNc1ccc(Br)nc1)c1ccccc1. The third-order valence-corrected chi connectivity index (χ3v) is 3.76. The van der Waals surface area contributed by atoms with Gasteiger partial charge in [-0.2, -0.15) is 0 Å². The van der Waals surface area contributed by atoms with Crippen LogP contribution in [0.5, 0.6) is 0 Å². The van der Waals surface area contributed by atoms with Crippen molar-refractivity contribution in [3.8, 4) is 0 Å². The monoisotopic (exact) mass is 318 g/mol. The lowest BCUT2D eigenvalue weighted by molar-refractivity contribution is 0.517. The molecule has 2 nitrogen and oxygen atoms in total. The van der Waals surface area contributed by atoms with E-state index < -0.39 is 0 Å². The van der Waals surface area contributed by atoms with Crippen LogP contribution in [-0.2, 0) is 0 Å². The van der Waals surface area contributed by atoms with E-state index in [-0.39, 0.29) is 0 Å². The summed E-state index contributed by atoms with van der Waals surface area (Å²) in [6.07, 6.45) is 1.85. The minimum Gasteiger partial charge on any atom is -0.383 e. The molecule has 1 heterocycles. The molecule has 1 unspecified atom stereocenters. The van der Waals surface area contributed by atoms with Crippen molar-refractivity contribution in [2.45, 2.75) is 19.8 Å². The highest BCUT2D eigenvalue weighted by Crippen LogP contribution is 2.24. The molecule has 1 aromatic carbocycles. The summed E-state index contributed by atoms with van der Waals surface area (Å²) in [5.41, 5.74) is 2.44. The standard InChI is InChI=1S/C16H19BrN2/c1-12(2)15(13-6-4-3-5-7-13)11-18-14-8-9-16(17)19-10-14/h3-10,12,15,18H,11H2,1-2H3. The highest BCUT2D eigenvalue weighted by Gasteiger charge is 2.15. The van der Waals surface area contributed by atoms with Gasteiger partial charge in [-0.1, -0.05) is 44.2 Å². The number of hydrogen-bond donors (Lipinski definition) is 1. The van der Waals surface area contributed by atoms with Crippen LogP contribution in [0.2, 0.25) is 0 Å². The van der Waals surface area contributed by atoms with E-state index in [4.69, 9.17) is 0 Å². The molecule has 0 aliphatic rings. The van der Waals surface area contributed by atoms with Gasteiger partial charge in [-0.25, -0.2) is 4.98 Å². The highest BCUT2D eigenvalue weighted by atomic mass is 79.9. The molecule has 0 amide bonds. The zero-order chi connectivity index (χ0) is 13.7. The summed E-state index contributed by atoms with van der Waals surface area (Å²) in [6.45, 7) is 5.45. The zero-order valence-corrected chi connectivity index (χ0v) is 12.9. The normalized spacial score (nSPS) is 12.4. The Kier molecular flexibility index (Phi) is 4.97. The van der Waals surface area contributed by atoms with E-state index in [1.807, 2.05) is 18.3 Å². The quantitative estimate of drug-likeness (QED) is 0.808. The van der Waals surface area contributed by atoms with E-state index in [2.05, 4.69) is 70.4 Å². The molecule has 0 radical (unpaired) electrons. The number of rotatable bonds is 5. The van der Waals surface area contributed by atoms with Gasteiger partial charge >= 0.3 is 0 Å². The molecule has 0 fully saturated rings. The maximum Gasteiger partial charge on any atom is 0.106 e. The molecule has 2 aromatic rings. The molecule has 100 valence electrons. The Balaban J connectivity index is 2.04. The lowest BCUT2D eigenvalue weighted by Gasteiger charge is -2.22. The maximum atomic E-state index is 4.23. The lowest BCUT2D eigenvalue weighted by atomic mass is 9.88. The van der Waals surface area contributed by atoms with Crippen molar-refractivity contribution < 1.29 is 0 Å². The van der Waals surface area contributed by atoms with Gasteiger partial charge < -0.3 is 5.32 Å². The molecule has 0 saturated heterocycles. The Morgan fingerprint density at radius 1 is 1.11 bits per heavy atom. The molecule has 0 spiro atoms. The Morgan fingerprint density at radius 2 is 1.84 bits per heavy atom. The van der Waals surface area contributed by atoms with E-state index in [1.54, 1.807) is 0 Å². The third kappa shape index (κ3) is 4.06. The molecule has 1 aromatic heterocycles. The number of benzene rings is 1. The predicted molar refractivity (Wildman–Crippen MR) is 84.4 cm³/mol. The van der Waals surface area contributed by atoms with Crippen LogP contribution in [-0.4, -0.2) is 11.5 Å². The molecular formula is C16H19BrN2. The maximum absolute atomic E-state index is 4.23. The van der Waals surface area contributed by atoms with Crippen LogP contribution in [0.15, 0.2) is 53.3 Å².